The predicted molar refractivity (Wildman–Crippen MR) is 86.6 cm³/mol. The number of carbonyl (C=O) groups excluding carboxylic acids is 1. The maximum atomic E-state index is 11.2. The molecule has 0 saturated heterocycles. The van der Waals surface area contributed by atoms with Gasteiger partial charge in [-0.25, -0.2) is 0 Å². The Labute approximate surface area is 127 Å². The number of allylic oxidation sites excluding steroid dienone is 1. The molecule has 0 atom stereocenters. The number of ketones is 1. The molecular weight excluding hydrogens is 290 g/mol. The fraction of sp³-hybridized carbons (Fsp3) is 0.312. The number of carbonyl (C=O) groups is 1. The molecule has 1 aromatic carbocycles. The lowest BCUT2D eigenvalue weighted by Crippen LogP contribution is -2.18. The molecule has 1 aliphatic rings. The Hall–Kier alpha value is -1.16. The number of nitrogens with zero attached hydrogens (tertiary/aromatic N) is 1. The van der Waals surface area contributed by atoms with Gasteiger partial charge in [-0.15, -0.1) is 11.3 Å². The topological polar surface area (TPSA) is 20.3 Å². The second-order valence-electron chi connectivity index (χ2n) is 5.28. The van der Waals surface area contributed by atoms with Crippen molar-refractivity contribution in [2.24, 2.45) is 0 Å². The van der Waals surface area contributed by atoms with Crippen molar-refractivity contribution in [2.75, 3.05) is 13.6 Å². The smallest absolute Gasteiger partial charge is 0.152 e. The fourth-order valence-corrected chi connectivity index (χ4v) is 4.10. The van der Waals surface area contributed by atoms with Crippen LogP contribution in [0.5, 0.6) is 0 Å². The van der Waals surface area contributed by atoms with E-state index in [9.17, 15) is 4.79 Å². The first-order valence-corrected chi connectivity index (χ1v) is 7.85. The summed E-state index contributed by atoms with van der Waals surface area (Å²) in [5.74, 6) is 0.0786. The summed E-state index contributed by atoms with van der Waals surface area (Å²) in [6.45, 7) is 3.50. The summed E-state index contributed by atoms with van der Waals surface area (Å²) in [7, 11) is 2.13. The van der Waals surface area contributed by atoms with E-state index in [4.69, 9.17) is 11.6 Å². The van der Waals surface area contributed by atoms with Gasteiger partial charge in [0.15, 0.2) is 5.78 Å². The second kappa shape index (κ2) is 5.32. The summed E-state index contributed by atoms with van der Waals surface area (Å²) in [5, 5.41) is 2.16. The molecule has 1 aliphatic heterocycles. The van der Waals surface area contributed by atoms with Crippen LogP contribution in [0, 0.1) is 0 Å². The molecule has 0 N–H and O–H groups in total. The first-order chi connectivity index (χ1) is 9.56. The lowest BCUT2D eigenvalue weighted by Gasteiger charge is -2.13. The minimum atomic E-state index is 0.0786. The van der Waals surface area contributed by atoms with Gasteiger partial charge in [0.2, 0.25) is 0 Å². The summed E-state index contributed by atoms with van der Waals surface area (Å²) in [6, 6.07) is 4.08. The molecule has 0 bridgehead atoms. The van der Waals surface area contributed by atoms with Gasteiger partial charge in [0, 0.05) is 33.1 Å². The van der Waals surface area contributed by atoms with E-state index in [2.05, 4.69) is 18.0 Å². The minimum absolute atomic E-state index is 0.0786. The predicted octanol–water partition coefficient (Wildman–Crippen LogP) is 4.14. The molecule has 20 heavy (non-hydrogen) atoms. The number of rotatable bonds is 2. The van der Waals surface area contributed by atoms with E-state index in [1.807, 2.05) is 12.1 Å². The highest BCUT2D eigenvalue weighted by Gasteiger charge is 2.20. The highest BCUT2D eigenvalue weighted by molar-refractivity contribution is 7.20. The molecule has 4 heteroatoms. The van der Waals surface area contributed by atoms with Crippen molar-refractivity contribution in [1.29, 1.82) is 0 Å². The van der Waals surface area contributed by atoms with Crippen molar-refractivity contribution in [3.05, 3.63) is 39.2 Å². The van der Waals surface area contributed by atoms with Gasteiger partial charge in [-0.2, -0.15) is 0 Å². The van der Waals surface area contributed by atoms with Crippen LogP contribution in [-0.4, -0.2) is 24.3 Å². The van der Waals surface area contributed by atoms with Crippen LogP contribution >= 0.6 is 22.9 Å². The molecule has 104 valence electrons. The summed E-state index contributed by atoms with van der Waals surface area (Å²) in [4.78, 5) is 14.7. The Balaban J connectivity index is 2.25. The zero-order chi connectivity index (χ0) is 14.3. The van der Waals surface area contributed by atoms with Gasteiger partial charge in [0.25, 0.3) is 0 Å². The van der Waals surface area contributed by atoms with Crippen molar-refractivity contribution < 1.29 is 4.79 Å². The van der Waals surface area contributed by atoms with Crippen molar-refractivity contribution in [2.45, 2.75) is 19.9 Å². The number of hydrogen-bond acceptors (Lipinski definition) is 3. The van der Waals surface area contributed by atoms with E-state index in [0.29, 0.717) is 0 Å². The Morgan fingerprint density at radius 3 is 2.95 bits per heavy atom. The molecule has 0 fully saturated rings. The van der Waals surface area contributed by atoms with Gasteiger partial charge < -0.3 is 4.90 Å². The van der Waals surface area contributed by atoms with Crippen LogP contribution in [0.25, 0.3) is 16.2 Å². The fourth-order valence-electron chi connectivity index (χ4n) is 2.70. The Bertz CT molecular complexity index is 717. The van der Waals surface area contributed by atoms with E-state index >= 15 is 0 Å². The number of likely N-dealkylation sites (N-methyl/N-ethyl adjacent to an activating group) is 1. The number of thiophene rings is 1. The first kappa shape index (κ1) is 13.8. The van der Waals surface area contributed by atoms with Crippen LogP contribution in [0.2, 0.25) is 5.02 Å². The van der Waals surface area contributed by atoms with Gasteiger partial charge in [-0.05, 0) is 55.8 Å². The van der Waals surface area contributed by atoms with Gasteiger partial charge in [-0.3, -0.25) is 4.79 Å². The first-order valence-electron chi connectivity index (χ1n) is 6.66. The zero-order valence-corrected chi connectivity index (χ0v) is 13.1. The van der Waals surface area contributed by atoms with Crippen molar-refractivity contribution >= 4 is 44.9 Å². The SMILES string of the molecule is CC(=O)/C=C/c1sc2ccc(Cl)c3c2c1CN(C)CC3. The minimum Gasteiger partial charge on any atom is -0.302 e. The van der Waals surface area contributed by atoms with Gasteiger partial charge in [0.05, 0.1) is 0 Å². The molecule has 0 saturated carbocycles. The van der Waals surface area contributed by atoms with Crippen LogP contribution in [0.4, 0.5) is 0 Å². The van der Waals surface area contributed by atoms with Gasteiger partial charge >= 0.3 is 0 Å². The van der Waals surface area contributed by atoms with Gasteiger partial charge in [0.1, 0.15) is 0 Å². The Morgan fingerprint density at radius 2 is 2.20 bits per heavy atom. The third kappa shape index (κ3) is 2.41. The van der Waals surface area contributed by atoms with E-state index < -0.39 is 0 Å². The van der Waals surface area contributed by atoms with Crippen molar-refractivity contribution in [3.8, 4) is 0 Å². The summed E-state index contributed by atoms with van der Waals surface area (Å²) < 4.78 is 1.26. The van der Waals surface area contributed by atoms with Crippen LogP contribution in [0.1, 0.15) is 22.9 Å². The van der Waals surface area contributed by atoms with Crippen molar-refractivity contribution in [3.63, 3.8) is 0 Å². The Kier molecular flexibility index (Phi) is 3.67. The Morgan fingerprint density at radius 1 is 1.40 bits per heavy atom. The summed E-state index contributed by atoms with van der Waals surface area (Å²) in [6.07, 6.45) is 4.57. The van der Waals surface area contributed by atoms with E-state index in [0.717, 1.165) is 24.5 Å². The van der Waals surface area contributed by atoms with E-state index in [-0.39, 0.29) is 5.78 Å². The average molecular weight is 306 g/mol. The normalized spacial score (nSPS) is 15.9. The quantitative estimate of drug-likeness (QED) is 0.777. The highest BCUT2D eigenvalue weighted by Crippen LogP contribution is 2.39. The lowest BCUT2D eigenvalue weighted by molar-refractivity contribution is -0.112. The van der Waals surface area contributed by atoms with E-state index in [1.165, 1.54) is 26.1 Å². The molecule has 0 unspecified atom stereocenters. The maximum absolute atomic E-state index is 11.2. The monoisotopic (exact) mass is 305 g/mol. The van der Waals surface area contributed by atoms with Crippen LogP contribution < -0.4 is 0 Å². The molecular formula is C16H16ClNOS. The van der Waals surface area contributed by atoms with Crippen LogP contribution in [0.15, 0.2) is 18.2 Å². The molecule has 2 heterocycles. The molecule has 0 amide bonds. The largest absolute Gasteiger partial charge is 0.302 e. The number of hydrogen-bond donors (Lipinski definition) is 0. The highest BCUT2D eigenvalue weighted by atomic mass is 35.5. The third-order valence-electron chi connectivity index (χ3n) is 3.68. The number of halogens is 1. The maximum Gasteiger partial charge on any atom is 0.152 e. The van der Waals surface area contributed by atoms with E-state index in [1.54, 1.807) is 24.3 Å². The molecule has 2 nitrogen and oxygen atoms in total. The number of benzene rings is 1. The molecule has 0 spiro atoms. The van der Waals surface area contributed by atoms with Crippen LogP contribution in [0.3, 0.4) is 0 Å². The average Bonchev–Trinajstić information content (AvgIpc) is 2.62. The lowest BCUT2D eigenvalue weighted by atomic mass is 10.0. The molecule has 2 aromatic rings. The van der Waals surface area contributed by atoms with Crippen LogP contribution in [-0.2, 0) is 17.8 Å². The molecule has 0 aliphatic carbocycles. The standard InChI is InChI=1S/C16H16ClNOS/c1-10(19)3-5-14-12-9-18(2)8-7-11-13(17)4-6-15(20-14)16(11)12/h3-6H,7-9H2,1-2H3/b5-3+. The molecule has 1 aromatic heterocycles. The molecule has 0 radical (unpaired) electrons. The molecule has 3 rings (SSSR count). The van der Waals surface area contributed by atoms with Gasteiger partial charge in [-0.1, -0.05) is 11.6 Å². The third-order valence-corrected chi connectivity index (χ3v) is 5.19. The summed E-state index contributed by atoms with van der Waals surface area (Å²) >= 11 is 8.12. The summed E-state index contributed by atoms with van der Waals surface area (Å²) in [5.41, 5.74) is 2.56. The second-order valence-corrected chi connectivity index (χ2v) is 6.77. The zero-order valence-electron chi connectivity index (χ0n) is 11.6. The van der Waals surface area contributed by atoms with Crippen molar-refractivity contribution in [1.82, 2.24) is 4.90 Å².